The molecule has 7 heteroatoms. The molecule has 186 valence electrons. The molecule has 0 aromatic heterocycles. The normalized spacial score (nSPS) is 20.4. The van der Waals surface area contributed by atoms with Crippen molar-refractivity contribution in [2.75, 3.05) is 46.0 Å². The average Bonchev–Trinajstić information content (AvgIpc) is 3.13. The Labute approximate surface area is 206 Å². The molecule has 1 unspecified atom stereocenters. The molecule has 0 saturated carbocycles. The topological polar surface area (TPSA) is 83.3 Å². The second-order valence-electron chi connectivity index (χ2n) is 9.23. The Morgan fingerprint density at radius 2 is 1.89 bits per heavy atom. The molecule has 2 heterocycles. The molecule has 2 aliphatic heterocycles. The van der Waals surface area contributed by atoms with Crippen molar-refractivity contribution in [1.29, 1.82) is 0 Å². The van der Waals surface area contributed by atoms with Gasteiger partial charge < -0.3 is 24.4 Å². The fourth-order valence-corrected chi connectivity index (χ4v) is 4.71. The molecule has 1 atom stereocenters. The average molecular weight is 479 g/mol. The van der Waals surface area contributed by atoms with Crippen LogP contribution >= 0.6 is 0 Å². The van der Waals surface area contributed by atoms with Gasteiger partial charge >= 0.3 is 0 Å². The van der Waals surface area contributed by atoms with Crippen molar-refractivity contribution in [3.05, 3.63) is 70.8 Å². The molecule has 2 fully saturated rings. The number of likely N-dealkylation sites (tertiary alicyclic amines) is 1. The number of morpholine rings is 1. The van der Waals surface area contributed by atoms with Gasteiger partial charge in [0.1, 0.15) is 18.8 Å². The third-order valence-corrected chi connectivity index (χ3v) is 6.62. The smallest absolute Gasteiger partial charge is 0.295 e. The van der Waals surface area contributed by atoms with Crippen LogP contribution in [0.25, 0.3) is 5.76 Å². The molecule has 0 aliphatic carbocycles. The molecule has 2 aromatic carbocycles. The fraction of sp³-hybridized carbons (Fsp3) is 0.429. The van der Waals surface area contributed by atoms with Gasteiger partial charge in [-0.3, -0.25) is 9.59 Å². The van der Waals surface area contributed by atoms with Crippen LogP contribution in [-0.2, 0) is 14.3 Å². The minimum atomic E-state index is -0.728. The molecule has 4 rings (SSSR count). The van der Waals surface area contributed by atoms with Crippen molar-refractivity contribution in [1.82, 2.24) is 4.90 Å². The van der Waals surface area contributed by atoms with Crippen LogP contribution in [0.15, 0.2) is 54.1 Å². The second-order valence-corrected chi connectivity index (χ2v) is 9.23. The van der Waals surface area contributed by atoms with E-state index in [0.717, 1.165) is 51.3 Å². The molecule has 0 radical (unpaired) electrons. The van der Waals surface area contributed by atoms with E-state index >= 15 is 0 Å². The van der Waals surface area contributed by atoms with Crippen LogP contribution in [0.1, 0.15) is 42.5 Å². The summed E-state index contributed by atoms with van der Waals surface area (Å²) in [6, 6.07) is 13.8. The zero-order chi connectivity index (χ0) is 24.8. The van der Waals surface area contributed by atoms with Gasteiger partial charge in [-0.25, -0.2) is 0 Å². The van der Waals surface area contributed by atoms with Gasteiger partial charge in [0.2, 0.25) is 5.78 Å². The first-order valence-corrected chi connectivity index (χ1v) is 12.5. The van der Waals surface area contributed by atoms with Gasteiger partial charge in [-0.15, -0.1) is 0 Å². The lowest BCUT2D eigenvalue weighted by Crippen LogP contribution is -3.14. The summed E-state index contributed by atoms with van der Waals surface area (Å²) in [5, 5.41) is 13.5. The van der Waals surface area contributed by atoms with Gasteiger partial charge in [-0.2, -0.15) is 0 Å². The minimum absolute atomic E-state index is 0.0187. The van der Waals surface area contributed by atoms with E-state index in [0.29, 0.717) is 30.0 Å². The van der Waals surface area contributed by atoms with E-state index in [-0.39, 0.29) is 5.57 Å². The molecule has 35 heavy (non-hydrogen) atoms. The lowest BCUT2D eigenvalue weighted by atomic mass is 9.95. The predicted molar refractivity (Wildman–Crippen MR) is 131 cm³/mol. The van der Waals surface area contributed by atoms with E-state index in [1.165, 1.54) is 4.90 Å². The Bertz CT molecular complexity index is 1070. The highest BCUT2D eigenvalue weighted by Crippen LogP contribution is 2.39. The third-order valence-electron chi connectivity index (χ3n) is 6.62. The predicted octanol–water partition coefficient (Wildman–Crippen LogP) is 1.31. The van der Waals surface area contributed by atoms with Gasteiger partial charge in [0.05, 0.1) is 32.4 Å². The number of hydrogen-bond donors (Lipinski definition) is 1. The largest absolute Gasteiger partial charge is 0.872 e. The van der Waals surface area contributed by atoms with Crippen molar-refractivity contribution in [2.24, 2.45) is 0 Å². The standard InChI is InChI=1S/C28H34N2O5/c1-3-16-35-23-7-4-6-22(19-23)25-24(26(31)21-10-8-20(2)9-11-21)27(32)28(33)30(25)13-5-12-29-14-17-34-18-15-29/h4,6-11,19,25,31H,3,5,12-18H2,1-2H3/b26-24+. The summed E-state index contributed by atoms with van der Waals surface area (Å²) in [6.45, 7) is 9.19. The van der Waals surface area contributed by atoms with Crippen molar-refractivity contribution in [3.8, 4) is 5.75 Å². The summed E-state index contributed by atoms with van der Waals surface area (Å²) in [4.78, 5) is 29.4. The number of amides is 1. The highest BCUT2D eigenvalue weighted by Gasteiger charge is 2.44. The minimum Gasteiger partial charge on any atom is -0.872 e. The quantitative estimate of drug-likeness (QED) is 0.334. The van der Waals surface area contributed by atoms with Gasteiger partial charge in [0.15, 0.2) is 0 Å². The van der Waals surface area contributed by atoms with Gasteiger partial charge in [0.25, 0.3) is 5.91 Å². The lowest BCUT2D eigenvalue weighted by molar-refractivity contribution is -0.908. The van der Waals surface area contributed by atoms with E-state index in [1.807, 2.05) is 50.2 Å². The van der Waals surface area contributed by atoms with Gasteiger partial charge in [-0.1, -0.05) is 54.6 Å². The van der Waals surface area contributed by atoms with Crippen LogP contribution in [0.3, 0.4) is 0 Å². The zero-order valence-electron chi connectivity index (χ0n) is 20.5. The third kappa shape index (κ3) is 5.74. The first-order valence-electron chi connectivity index (χ1n) is 12.5. The Hall–Kier alpha value is -3.16. The van der Waals surface area contributed by atoms with Crippen LogP contribution < -0.4 is 14.7 Å². The van der Waals surface area contributed by atoms with E-state index in [2.05, 4.69) is 0 Å². The first-order chi connectivity index (χ1) is 17.0. The number of quaternary nitrogens is 1. The van der Waals surface area contributed by atoms with Gasteiger partial charge in [-0.05, 0) is 36.6 Å². The number of ether oxygens (including phenoxy) is 2. The van der Waals surface area contributed by atoms with E-state index in [4.69, 9.17) is 9.47 Å². The number of ketones is 1. The van der Waals surface area contributed by atoms with E-state index < -0.39 is 23.5 Å². The summed E-state index contributed by atoms with van der Waals surface area (Å²) >= 11 is 0. The van der Waals surface area contributed by atoms with Crippen molar-refractivity contribution < 1.29 is 29.1 Å². The summed E-state index contributed by atoms with van der Waals surface area (Å²) in [5.41, 5.74) is 2.16. The van der Waals surface area contributed by atoms with Crippen molar-refractivity contribution in [2.45, 2.75) is 32.7 Å². The van der Waals surface area contributed by atoms with Gasteiger partial charge in [0, 0.05) is 18.5 Å². The SMILES string of the molecule is CCCOc1cccc(C2/C(=C(\[O-])c3ccc(C)cc3)C(=O)C(=O)N2CCC[NH+]2CCOCC2)c1. The Morgan fingerprint density at radius 1 is 1.14 bits per heavy atom. The molecule has 0 spiro atoms. The number of Topliss-reactive ketones (excluding diaryl/α,β-unsaturated/α-hetero) is 1. The highest BCUT2D eigenvalue weighted by molar-refractivity contribution is 6.46. The molecule has 7 nitrogen and oxygen atoms in total. The maximum absolute atomic E-state index is 13.5. The number of aryl methyl sites for hydroxylation is 1. The number of nitrogens with zero attached hydrogens (tertiary/aromatic N) is 1. The number of carbonyl (C=O) groups excluding carboxylic acids is 2. The summed E-state index contributed by atoms with van der Waals surface area (Å²) in [6.07, 6.45) is 1.60. The number of nitrogens with one attached hydrogen (secondary N) is 1. The number of rotatable bonds is 9. The Balaban J connectivity index is 1.67. The molecule has 2 saturated heterocycles. The van der Waals surface area contributed by atoms with E-state index in [1.54, 1.807) is 17.0 Å². The van der Waals surface area contributed by atoms with Crippen LogP contribution in [0.2, 0.25) is 0 Å². The second kappa shape index (κ2) is 11.5. The summed E-state index contributed by atoms with van der Waals surface area (Å²) in [7, 11) is 0. The highest BCUT2D eigenvalue weighted by atomic mass is 16.5. The van der Waals surface area contributed by atoms with Crippen molar-refractivity contribution >= 4 is 17.4 Å². The Morgan fingerprint density at radius 3 is 2.60 bits per heavy atom. The fourth-order valence-electron chi connectivity index (χ4n) is 4.71. The Kier molecular flexibility index (Phi) is 8.21. The molecule has 2 aromatic rings. The zero-order valence-corrected chi connectivity index (χ0v) is 20.5. The summed E-state index contributed by atoms with van der Waals surface area (Å²) in [5.74, 6) is -1.05. The molecule has 1 amide bonds. The number of carbonyl (C=O) groups is 2. The van der Waals surface area contributed by atoms with Crippen LogP contribution in [0.4, 0.5) is 0 Å². The van der Waals surface area contributed by atoms with Crippen LogP contribution in [0.5, 0.6) is 5.75 Å². The summed E-state index contributed by atoms with van der Waals surface area (Å²) < 4.78 is 11.2. The lowest BCUT2D eigenvalue weighted by Gasteiger charge is -2.29. The van der Waals surface area contributed by atoms with Crippen molar-refractivity contribution in [3.63, 3.8) is 0 Å². The van der Waals surface area contributed by atoms with Crippen LogP contribution in [0, 0.1) is 6.92 Å². The maximum Gasteiger partial charge on any atom is 0.295 e. The molecular formula is C28H34N2O5. The van der Waals surface area contributed by atoms with E-state index in [9.17, 15) is 14.7 Å². The molecule has 2 aliphatic rings. The number of hydrogen-bond acceptors (Lipinski definition) is 5. The first kappa shape index (κ1) is 24.9. The van der Waals surface area contributed by atoms with Crippen LogP contribution in [-0.4, -0.2) is 62.6 Å². The molecule has 0 bridgehead atoms. The molecule has 1 N–H and O–H groups in total. The molecular weight excluding hydrogens is 444 g/mol. The maximum atomic E-state index is 13.5. The monoisotopic (exact) mass is 478 g/mol. The number of benzene rings is 2.